The van der Waals surface area contributed by atoms with Crippen molar-refractivity contribution in [2.24, 2.45) is 5.73 Å². The Bertz CT molecular complexity index is 410. The van der Waals surface area contributed by atoms with Gasteiger partial charge in [-0.15, -0.1) is 0 Å². The quantitative estimate of drug-likeness (QED) is 0.913. The molecule has 0 aromatic heterocycles. The third-order valence-corrected chi connectivity index (χ3v) is 3.85. The molecule has 1 aromatic carbocycles. The smallest absolute Gasteiger partial charge is 0.124 e. The van der Waals surface area contributed by atoms with Crippen LogP contribution >= 0.6 is 11.6 Å². The molecule has 1 saturated heterocycles. The van der Waals surface area contributed by atoms with Crippen LogP contribution in [0.3, 0.4) is 0 Å². The third-order valence-electron chi connectivity index (χ3n) is 3.52. The van der Waals surface area contributed by atoms with Gasteiger partial charge in [-0.1, -0.05) is 17.7 Å². The van der Waals surface area contributed by atoms with Gasteiger partial charge in [-0.3, -0.25) is 4.90 Å². The van der Waals surface area contributed by atoms with E-state index < -0.39 is 0 Å². The van der Waals surface area contributed by atoms with E-state index in [1.165, 1.54) is 12.1 Å². The van der Waals surface area contributed by atoms with Crippen LogP contribution in [0.5, 0.6) is 0 Å². The maximum Gasteiger partial charge on any atom is 0.124 e. The topological polar surface area (TPSA) is 38.5 Å². The fourth-order valence-corrected chi connectivity index (χ4v) is 2.68. The second-order valence-electron chi connectivity index (χ2n) is 4.60. The second-order valence-corrected chi connectivity index (χ2v) is 5.01. The number of likely N-dealkylation sites (N-methyl/N-ethyl adjacent to an activating group) is 1. The van der Waals surface area contributed by atoms with E-state index in [9.17, 15) is 4.39 Å². The predicted octanol–water partition coefficient (Wildman–Crippen LogP) is 2.20. The van der Waals surface area contributed by atoms with Crippen LogP contribution in [0.2, 0.25) is 5.02 Å². The van der Waals surface area contributed by atoms with Crippen LogP contribution in [0, 0.1) is 5.82 Å². The average Bonchev–Trinajstić information content (AvgIpc) is 2.86. The van der Waals surface area contributed by atoms with Gasteiger partial charge in [-0.05, 0) is 31.2 Å². The van der Waals surface area contributed by atoms with E-state index >= 15 is 0 Å². The summed E-state index contributed by atoms with van der Waals surface area (Å²) in [5.74, 6) is -0.327. The van der Waals surface area contributed by atoms with E-state index in [1.807, 2.05) is 7.05 Å². The first-order valence-electron chi connectivity index (χ1n) is 6.08. The standard InChI is InChI=1S/C13H18ClFN2O/c1-17(10-4-5-18-8-10)13(7-16)11-3-2-9(15)6-12(11)14/h2-3,6,10,13H,4-5,7-8,16H2,1H3. The summed E-state index contributed by atoms with van der Waals surface area (Å²) >= 11 is 6.10. The van der Waals surface area contributed by atoms with Gasteiger partial charge < -0.3 is 10.5 Å². The molecule has 2 N–H and O–H groups in total. The Morgan fingerprint density at radius 3 is 2.94 bits per heavy atom. The van der Waals surface area contributed by atoms with Crippen LogP contribution in [0.1, 0.15) is 18.0 Å². The van der Waals surface area contributed by atoms with Crippen LogP contribution in [0.15, 0.2) is 18.2 Å². The first-order chi connectivity index (χ1) is 8.63. The summed E-state index contributed by atoms with van der Waals surface area (Å²) in [5, 5.41) is 0.427. The molecule has 100 valence electrons. The van der Waals surface area contributed by atoms with Crippen molar-refractivity contribution in [1.29, 1.82) is 0 Å². The maximum atomic E-state index is 13.1. The molecule has 0 bridgehead atoms. The third kappa shape index (κ3) is 2.83. The maximum absolute atomic E-state index is 13.1. The first kappa shape index (κ1) is 13.7. The minimum atomic E-state index is -0.327. The number of ether oxygens (including phenoxy) is 1. The summed E-state index contributed by atoms with van der Waals surface area (Å²) in [6.07, 6.45) is 0.992. The number of halogens is 2. The van der Waals surface area contributed by atoms with Crippen LogP contribution in [-0.2, 0) is 4.74 Å². The van der Waals surface area contributed by atoms with Gasteiger partial charge in [0, 0.05) is 30.3 Å². The average molecular weight is 273 g/mol. The zero-order valence-corrected chi connectivity index (χ0v) is 11.2. The molecular weight excluding hydrogens is 255 g/mol. The lowest BCUT2D eigenvalue weighted by Gasteiger charge is -2.32. The molecule has 0 aliphatic carbocycles. The van der Waals surface area contributed by atoms with E-state index in [2.05, 4.69) is 4.90 Å². The highest BCUT2D eigenvalue weighted by Gasteiger charge is 2.27. The van der Waals surface area contributed by atoms with Crippen LogP contribution < -0.4 is 5.73 Å². The molecule has 2 atom stereocenters. The molecule has 1 aromatic rings. The molecule has 0 spiro atoms. The molecule has 2 unspecified atom stereocenters. The van der Waals surface area contributed by atoms with Crippen molar-refractivity contribution >= 4 is 11.6 Å². The molecule has 0 radical (unpaired) electrons. The van der Waals surface area contributed by atoms with Gasteiger partial charge in [0.2, 0.25) is 0 Å². The number of nitrogens with two attached hydrogens (primary N) is 1. The molecule has 5 heteroatoms. The first-order valence-corrected chi connectivity index (χ1v) is 6.46. The summed E-state index contributed by atoms with van der Waals surface area (Å²) in [5.41, 5.74) is 6.72. The SMILES string of the molecule is CN(C1CCOC1)C(CN)c1ccc(F)cc1Cl. The number of hydrogen-bond donors (Lipinski definition) is 1. The Labute approximate surface area is 112 Å². The van der Waals surface area contributed by atoms with Crippen molar-refractivity contribution in [2.45, 2.75) is 18.5 Å². The van der Waals surface area contributed by atoms with E-state index in [1.54, 1.807) is 6.07 Å². The fourth-order valence-electron chi connectivity index (χ4n) is 2.38. The van der Waals surface area contributed by atoms with Crippen molar-refractivity contribution in [1.82, 2.24) is 4.90 Å². The van der Waals surface area contributed by atoms with Gasteiger partial charge in [0.05, 0.1) is 6.61 Å². The van der Waals surface area contributed by atoms with Crippen molar-refractivity contribution in [3.63, 3.8) is 0 Å². The Morgan fingerprint density at radius 2 is 2.39 bits per heavy atom. The highest BCUT2D eigenvalue weighted by Crippen LogP contribution is 2.29. The summed E-state index contributed by atoms with van der Waals surface area (Å²) in [4.78, 5) is 2.17. The lowest BCUT2D eigenvalue weighted by molar-refractivity contribution is 0.134. The molecule has 1 fully saturated rings. The predicted molar refractivity (Wildman–Crippen MR) is 70.2 cm³/mol. The Morgan fingerprint density at radius 1 is 1.61 bits per heavy atom. The lowest BCUT2D eigenvalue weighted by Crippen LogP contribution is -2.39. The van der Waals surface area contributed by atoms with E-state index in [0.717, 1.165) is 18.6 Å². The fraction of sp³-hybridized carbons (Fsp3) is 0.538. The number of benzene rings is 1. The van der Waals surface area contributed by atoms with Gasteiger partial charge in [0.15, 0.2) is 0 Å². The lowest BCUT2D eigenvalue weighted by atomic mass is 10.0. The molecule has 3 nitrogen and oxygen atoms in total. The zero-order valence-electron chi connectivity index (χ0n) is 10.4. The van der Waals surface area contributed by atoms with Gasteiger partial charge in [0.1, 0.15) is 5.82 Å². The number of nitrogens with zero attached hydrogens (tertiary/aromatic N) is 1. The number of hydrogen-bond acceptors (Lipinski definition) is 3. The van der Waals surface area contributed by atoms with Gasteiger partial charge in [0.25, 0.3) is 0 Å². The molecular formula is C13H18ClFN2O. The molecule has 1 heterocycles. The number of rotatable bonds is 4. The van der Waals surface area contributed by atoms with Crippen LogP contribution in [0.4, 0.5) is 4.39 Å². The van der Waals surface area contributed by atoms with Gasteiger partial charge in [-0.2, -0.15) is 0 Å². The molecule has 1 aliphatic heterocycles. The van der Waals surface area contributed by atoms with Gasteiger partial charge in [-0.25, -0.2) is 4.39 Å². The summed E-state index contributed by atoms with van der Waals surface area (Å²) in [6.45, 7) is 1.94. The molecule has 2 rings (SSSR count). The Balaban J connectivity index is 2.21. The van der Waals surface area contributed by atoms with E-state index in [4.69, 9.17) is 22.1 Å². The van der Waals surface area contributed by atoms with Crippen LogP contribution in [-0.4, -0.2) is 37.7 Å². The Hall–Kier alpha value is -0.680. The zero-order chi connectivity index (χ0) is 13.1. The molecule has 0 saturated carbocycles. The normalized spacial score (nSPS) is 21.5. The largest absolute Gasteiger partial charge is 0.380 e. The van der Waals surface area contributed by atoms with E-state index in [0.29, 0.717) is 24.2 Å². The monoisotopic (exact) mass is 272 g/mol. The van der Waals surface area contributed by atoms with Crippen molar-refractivity contribution in [2.75, 3.05) is 26.8 Å². The minimum absolute atomic E-state index is 0.00944. The summed E-state index contributed by atoms with van der Waals surface area (Å²) in [7, 11) is 2.01. The minimum Gasteiger partial charge on any atom is -0.380 e. The molecule has 1 aliphatic rings. The van der Waals surface area contributed by atoms with Crippen molar-refractivity contribution < 1.29 is 9.13 Å². The van der Waals surface area contributed by atoms with Crippen molar-refractivity contribution in [3.05, 3.63) is 34.6 Å². The highest BCUT2D eigenvalue weighted by atomic mass is 35.5. The second kappa shape index (κ2) is 5.97. The summed E-state index contributed by atoms with van der Waals surface area (Å²) in [6, 6.07) is 4.80. The molecule has 0 amide bonds. The van der Waals surface area contributed by atoms with Gasteiger partial charge >= 0.3 is 0 Å². The van der Waals surface area contributed by atoms with E-state index in [-0.39, 0.29) is 11.9 Å². The summed E-state index contributed by atoms with van der Waals surface area (Å²) < 4.78 is 18.5. The highest BCUT2D eigenvalue weighted by molar-refractivity contribution is 6.31. The Kier molecular flexibility index (Phi) is 4.56. The molecule has 18 heavy (non-hydrogen) atoms. The van der Waals surface area contributed by atoms with Crippen molar-refractivity contribution in [3.8, 4) is 0 Å². The van der Waals surface area contributed by atoms with Crippen LogP contribution in [0.25, 0.3) is 0 Å².